The fourth-order valence-electron chi connectivity index (χ4n) is 3.80. The van der Waals surface area contributed by atoms with Crippen LogP contribution in [-0.2, 0) is 30.2 Å². The Balaban J connectivity index is 3.17. The maximum atomic E-state index is 12.4. The van der Waals surface area contributed by atoms with Crippen molar-refractivity contribution in [3.8, 4) is 11.5 Å². The summed E-state index contributed by atoms with van der Waals surface area (Å²) in [6.45, 7) is 11.0. The Morgan fingerprint density at radius 3 is 1.86 bits per heavy atom. The summed E-state index contributed by atoms with van der Waals surface area (Å²) in [6.07, 6.45) is 1.08. The first kappa shape index (κ1) is 36.5. The summed E-state index contributed by atoms with van der Waals surface area (Å²) in [7, 11) is 0. The minimum absolute atomic E-state index is 0.125. The molecule has 0 aliphatic heterocycles. The smallest absolute Gasteiger partial charge is 0.480 e. The van der Waals surface area contributed by atoms with Crippen LogP contribution >= 0.6 is 0 Å². The molecule has 1 aromatic rings. The largest absolute Gasteiger partial charge is 0.513 e. The van der Waals surface area contributed by atoms with Crippen LogP contribution in [0, 0.1) is 5.92 Å². The van der Waals surface area contributed by atoms with Gasteiger partial charge < -0.3 is 39.3 Å². The average Bonchev–Trinajstić information content (AvgIpc) is 2.94. The number of ether oxygens (including phenoxy) is 6. The Bertz CT molecular complexity index is 1010. The van der Waals surface area contributed by atoms with E-state index in [2.05, 4.69) is 0 Å². The highest BCUT2D eigenvalue weighted by Crippen LogP contribution is 2.33. The molecule has 1 aromatic carbocycles. The predicted molar refractivity (Wildman–Crippen MR) is 154 cm³/mol. The van der Waals surface area contributed by atoms with E-state index in [-0.39, 0.29) is 37.2 Å². The molecule has 42 heavy (non-hydrogen) atoms. The maximum absolute atomic E-state index is 12.4. The number of nitrogens with two attached hydrogens (primary N) is 1. The van der Waals surface area contributed by atoms with Crippen LogP contribution in [0.15, 0.2) is 18.2 Å². The van der Waals surface area contributed by atoms with Crippen LogP contribution in [0.1, 0.15) is 92.1 Å². The number of benzene rings is 1. The molecule has 0 bridgehead atoms. The molecule has 0 heterocycles. The molecule has 0 amide bonds. The molecule has 0 saturated carbocycles. The molecule has 1 rings (SSSR count). The Morgan fingerprint density at radius 2 is 1.36 bits per heavy atom. The molecule has 0 fully saturated rings. The number of unbranched alkanes of at least 4 members (excludes halogenated alkanes) is 4. The number of hydrogen-bond donors (Lipinski definition) is 2. The highest BCUT2D eigenvalue weighted by Gasteiger charge is 2.44. The fraction of sp³-hybridized carbons (Fsp3) is 0.667. The monoisotopic (exact) mass is 597 g/mol. The van der Waals surface area contributed by atoms with Crippen molar-refractivity contribution in [1.82, 2.24) is 0 Å². The summed E-state index contributed by atoms with van der Waals surface area (Å²) < 4.78 is 31.2. The topological polar surface area (TPSA) is 170 Å². The van der Waals surface area contributed by atoms with Crippen molar-refractivity contribution in [3.05, 3.63) is 23.8 Å². The van der Waals surface area contributed by atoms with Crippen molar-refractivity contribution in [2.24, 2.45) is 11.7 Å². The summed E-state index contributed by atoms with van der Waals surface area (Å²) in [6, 6.07) is 4.17. The van der Waals surface area contributed by atoms with Gasteiger partial charge in [-0.1, -0.05) is 59.4 Å². The van der Waals surface area contributed by atoms with Gasteiger partial charge in [0.05, 0.1) is 13.2 Å². The third-order valence-electron chi connectivity index (χ3n) is 6.90. The SMILES string of the molecule is CCCCCOC(=O)Oc1ccc(C[C@](N)(C(=O)O)[C@H](C)[C@H](C)OC(=O)OC(C)CC)cc1OC(=O)OCCCCC. The zero-order valence-corrected chi connectivity index (χ0v) is 25.6. The van der Waals surface area contributed by atoms with Crippen LogP contribution in [0.3, 0.4) is 0 Å². The number of rotatable bonds is 18. The molecule has 12 nitrogen and oxygen atoms in total. The lowest BCUT2D eigenvalue weighted by molar-refractivity contribution is -0.147. The minimum Gasteiger partial charge on any atom is -0.480 e. The van der Waals surface area contributed by atoms with Crippen molar-refractivity contribution in [3.63, 3.8) is 0 Å². The molecule has 0 spiro atoms. The zero-order chi connectivity index (χ0) is 31.7. The highest BCUT2D eigenvalue weighted by atomic mass is 16.7. The van der Waals surface area contributed by atoms with Crippen molar-refractivity contribution >= 4 is 24.4 Å². The molecular formula is C30H47NO11. The van der Waals surface area contributed by atoms with E-state index in [4.69, 9.17) is 34.2 Å². The van der Waals surface area contributed by atoms with E-state index in [0.717, 1.165) is 25.7 Å². The quantitative estimate of drug-likeness (QED) is 0.0827. The summed E-state index contributed by atoms with van der Waals surface area (Å²) in [5, 5.41) is 10.1. The second-order valence-corrected chi connectivity index (χ2v) is 10.3. The van der Waals surface area contributed by atoms with Crippen LogP contribution in [0.2, 0.25) is 0 Å². The lowest BCUT2D eigenvalue weighted by Crippen LogP contribution is -2.58. The number of aliphatic carboxylic acids is 1. The second-order valence-electron chi connectivity index (χ2n) is 10.3. The van der Waals surface area contributed by atoms with Gasteiger partial charge in [-0.05, 0) is 50.8 Å². The van der Waals surface area contributed by atoms with Gasteiger partial charge in [0.25, 0.3) is 0 Å². The predicted octanol–water partition coefficient (Wildman–Crippen LogP) is 6.40. The molecule has 238 valence electrons. The summed E-state index contributed by atoms with van der Waals surface area (Å²) in [5.41, 5.74) is 4.83. The van der Waals surface area contributed by atoms with E-state index in [1.165, 1.54) is 25.1 Å². The average molecular weight is 598 g/mol. The Hall–Kier alpha value is -3.54. The van der Waals surface area contributed by atoms with Gasteiger partial charge in [-0.3, -0.25) is 4.79 Å². The Kier molecular flexibility index (Phi) is 16.3. The van der Waals surface area contributed by atoms with Crippen LogP contribution in [-0.4, -0.2) is 60.5 Å². The Labute approximate surface area is 248 Å². The molecule has 1 unspecified atom stereocenters. The third kappa shape index (κ3) is 12.5. The normalized spacial score (nSPS) is 14.5. The fourth-order valence-corrected chi connectivity index (χ4v) is 3.80. The summed E-state index contributed by atoms with van der Waals surface area (Å²) in [5.74, 6) is -2.52. The first-order chi connectivity index (χ1) is 19.9. The van der Waals surface area contributed by atoms with Crippen molar-refractivity contribution in [2.75, 3.05) is 13.2 Å². The Morgan fingerprint density at radius 1 is 0.810 bits per heavy atom. The molecule has 0 aliphatic rings. The lowest BCUT2D eigenvalue weighted by Gasteiger charge is -2.34. The molecule has 0 saturated heterocycles. The van der Waals surface area contributed by atoms with Gasteiger partial charge in [0.15, 0.2) is 11.5 Å². The van der Waals surface area contributed by atoms with Crippen molar-refractivity contribution in [1.29, 1.82) is 0 Å². The van der Waals surface area contributed by atoms with Gasteiger partial charge in [-0.25, -0.2) is 14.4 Å². The van der Waals surface area contributed by atoms with E-state index < -0.39 is 42.0 Å². The molecular weight excluding hydrogens is 550 g/mol. The van der Waals surface area contributed by atoms with Gasteiger partial charge in [-0.2, -0.15) is 0 Å². The van der Waals surface area contributed by atoms with Crippen LogP contribution in [0.25, 0.3) is 0 Å². The maximum Gasteiger partial charge on any atom is 0.513 e. The molecule has 3 N–H and O–H groups in total. The van der Waals surface area contributed by atoms with Crippen LogP contribution < -0.4 is 15.2 Å². The first-order valence-electron chi connectivity index (χ1n) is 14.6. The van der Waals surface area contributed by atoms with Gasteiger partial charge >= 0.3 is 24.4 Å². The van der Waals surface area contributed by atoms with Gasteiger partial charge in [0.1, 0.15) is 17.7 Å². The van der Waals surface area contributed by atoms with Crippen molar-refractivity contribution in [2.45, 2.75) is 111 Å². The van der Waals surface area contributed by atoms with E-state index in [9.17, 15) is 24.3 Å². The second kappa shape index (κ2) is 18.8. The van der Waals surface area contributed by atoms with E-state index >= 15 is 0 Å². The number of hydrogen-bond acceptors (Lipinski definition) is 11. The molecule has 0 aliphatic carbocycles. The van der Waals surface area contributed by atoms with E-state index in [1.54, 1.807) is 13.8 Å². The van der Waals surface area contributed by atoms with Crippen molar-refractivity contribution < 1.29 is 52.7 Å². The third-order valence-corrected chi connectivity index (χ3v) is 6.90. The van der Waals surface area contributed by atoms with Crippen LogP contribution in [0.4, 0.5) is 14.4 Å². The molecule has 12 heteroatoms. The standard InChI is InChI=1S/C30H47NO11/c1-7-10-12-16-37-27(34)41-24-15-14-23(18-25(24)42-28(35)38-17-13-11-8-2)19-30(31,26(32)33)21(5)22(6)40-29(36)39-20(4)9-3/h14-15,18,20-22H,7-13,16-17,19,31H2,1-6H3,(H,32,33)/t20?,21-,22+,30-/m1/s1. The van der Waals surface area contributed by atoms with Gasteiger partial charge in [-0.15, -0.1) is 0 Å². The molecule has 0 aromatic heterocycles. The molecule has 0 radical (unpaired) electrons. The van der Waals surface area contributed by atoms with E-state index in [1.807, 2.05) is 20.8 Å². The summed E-state index contributed by atoms with van der Waals surface area (Å²) in [4.78, 5) is 49.1. The minimum atomic E-state index is -1.91. The summed E-state index contributed by atoms with van der Waals surface area (Å²) >= 11 is 0. The van der Waals surface area contributed by atoms with E-state index in [0.29, 0.717) is 24.8 Å². The first-order valence-corrected chi connectivity index (χ1v) is 14.6. The number of carboxylic acids is 1. The highest BCUT2D eigenvalue weighted by molar-refractivity contribution is 5.80. The number of carbonyl (C=O) groups excluding carboxylic acids is 3. The molecule has 4 atom stereocenters. The van der Waals surface area contributed by atoms with Gasteiger partial charge in [0, 0.05) is 12.3 Å². The van der Waals surface area contributed by atoms with Crippen LogP contribution in [0.5, 0.6) is 11.5 Å². The zero-order valence-electron chi connectivity index (χ0n) is 25.6. The lowest BCUT2D eigenvalue weighted by atomic mass is 9.78. The number of carbonyl (C=O) groups is 4. The van der Waals surface area contributed by atoms with Gasteiger partial charge in [0.2, 0.25) is 0 Å². The number of carboxylic acid groups (broad SMARTS) is 1.